The summed E-state index contributed by atoms with van der Waals surface area (Å²) in [4.78, 5) is 19.6. The van der Waals surface area contributed by atoms with E-state index in [1.165, 1.54) is 18.7 Å². The molecule has 4 aromatic rings. The minimum atomic E-state index is -0.893. The molecule has 0 saturated carbocycles. The number of rotatable bonds is 9. The van der Waals surface area contributed by atoms with Gasteiger partial charge in [0.2, 0.25) is 23.2 Å². The summed E-state index contributed by atoms with van der Waals surface area (Å²) in [5, 5.41) is 9.38. The van der Waals surface area contributed by atoms with Crippen LogP contribution < -0.4 is 19.1 Å². The molecule has 1 aromatic heterocycles. The standard InChI is InChI=1S/C30H30N4O4S/c1-4-5-18-39-30-31-28-26(32-33-30)22-14-9-10-16-24(22)34(20(2)35)29(38-28)23-15-11-17-25(36-3)27(23)37-19-21-12-7-6-8-13-21/h6-17,29H,4-5,18-19H2,1-3H3/t29-/m0/s1. The van der Waals surface area contributed by atoms with Crippen molar-refractivity contribution in [1.29, 1.82) is 0 Å². The fraction of sp³-hybridized carbons (Fsp3) is 0.267. The predicted octanol–water partition coefficient (Wildman–Crippen LogP) is 6.46. The zero-order valence-corrected chi connectivity index (χ0v) is 23.0. The van der Waals surface area contributed by atoms with E-state index < -0.39 is 6.23 Å². The van der Waals surface area contributed by atoms with Crippen molar-refractivity contribution in [3.63, 3.8) is 0 Å². The smallest absolute Gasteiger partial charge is 0.247 e. The number of amides is 1. The number of carbonyl (C=O) groups is 1. The maximum absolute atomic E-state index is 13.2. The van der Waals surface area contributed by atoms with Crippen LogP contribution >= 0.6 is 11.8 Å². The highest BCUT2D eigenvalue weighted by atomic mass is 32.2. The molecule has 9 heteroatoms. The highest BCUT2D eigenvalue weighted by Gasteiger charge is 2.36. The lowest BCUT2D eigenvalue weighted by Crippen LogP contribution is -2.36. The fourth-order valence-electron chi connectivity index (χ4n) is 4.40. The third-order valence-corrected chi connectivity index (χ3v) is 7.23. The van der Waals surface area contributed by atoms with Crippen LogP contribution in [0.4, 0.5) is 5.69 Å². The summed E-state index contributed by atoms with van der Waals surface area (Å²) in [6.07, 6.45) is 1.23. The van der Waals surface area contributed by atoms with E-state index in [1.807, 2.05) is 72.8 Å². The second-order valence-corrected chi connectivity index (χ2v) is 10.0. The average molecular weight is 543 g/mol. The number of ether oxygens (including phenoxy) is 3. The van der Waals surface area contributed by atoms with Gasteiger partial charge in [0.15, 0.2) is 17.2 Å². The summed E-state index contributed by atoms with van der Waals surface area (Å²) >= 11 is 1.54. The van der Waals surface area contributed by atoms with Crippen molar-refractivity contribution in [3.8, 4) is 28.6 Å². The molecule has 0 saturated heterocycles. The van der Waals surface area contributed by atoms with Crippen molar-refractivity contribution in [2.45, 2.75) is 44.7 Å². The van der Waals surface area contributed by atoms with Gasteiger partial charge in [-0.15, -0.1) is 10.2 Å². The van der Waals surface area contributed by atoms with Crippen LogP contribution in [0, 0.1) is 0 Å². The van der Waals surface area contributed by atoms with E-state index in [1.54, 1.807) is 12.0 Å². The Morgan fingerprint density at radius 3 is 2.59 bits per heavy atom. The van der Waals surface area contributed by atoms with Crippen molar-refractivity contribution in [2.75, 3.05) is 17.8 Å². The Morgan fingerprint density at radius 2 is 1.82 bits per heavy atom. The molecule has 0 radical (unpaired) electrons. The van der Waals surface area contributed by atoms with Gasteiger partial charge in [0, 0.05) is 18.2 Å². The minimum absolute atomic E-state index is 0.206. The molecule has 8 nitrogen and oxygen atoms in total. The van der Waals surface area contributed by atoms with Gasteiger partial charge in [0.25, 0.3) is 0 Å². The van der Waals surface area contributed by atoms with Crippen molar-refractivity contribution < 1.29 is 19.0 Å². The van der Waals surface area contributed by atoms with Gasteiger partial charge in [0.05, 0.1) is 18.4 Å². The molecule has 1 atom stereocenters. The number of anilines is 1. The van der Waals surface area contributed by atoms with Gasteiger partial charge in [0.1, 0.15) is 6.61 Å². The molecule has 1 aliphatic heterocycles. The van der Waals surface area contributed by atoms with Crippen LogP contribution in [0.5, 0.6) is 17.4 Å². The number of carbonyl (C=O) groups excluding carboxylic acids is 1. The highest BCUT2D eigenvalue weighted by Crippen LogP contribution is 2.46. The molecule has 39 heavy (non-hydrogen) atoms. The number of hydrogen-bond donors (Lipinski definition) is 0. The molecule has 1 aliphatic rings. The van der Waals surface area contributed by atoms with Crippen LogP contribution in [0.15, 0.2) is 78.0 Å². The van der Waals surface area contributed by atoms with Gasteiger partial charge in [-0.3, -0.25) is 9.69 Å². The molecule has 0 unspecified atom stereocenters. The van der Waals surface area contributed by atoms with Crippen LogP contribution in [0.25, 0.3) is 11.3 Å². The van der Waals surface area contributed by atoms with E-state index in [9.17, 15) is 4.79 Å². The van der Waals surface area contributed by atoms with Crippen LogP contribution in [0.3, 0.4) is 0 Å². The maximum atomic E-state index is 13.2. The molecule has 0 spiro atoms. The third-order valence-electron chi connectivity index (χ3n) is 6.30. The zero-order chi connectivity index (χ0) is 27.2. The summed E-state index contributed by atoms with van der Waals surface area (Å²) in [6, 6.07) is 23.0. The van der Waals surface area contributed by atoms with E-state index in [-0.39, 0.29) is 5.91 Å². The molecule has 200 valence electrons. The zero-order valence-electron chi connectivity index (χ0n) is 22.2. The van der Waals surface area contributed by atoms with Gasteiger partial charge in [-0.2, -0.15) is 4.98 Å². The number of para-hydroxylation sites is 2. The normalized spacial score (nSPS) is 14.0. The second kappa shape index (κ2) is 12.2. The van der Waals surface area contributed by atoms with Crippen LogP contribution in [0.2, 0.25) is 0 Å². The lowest BCUT2D eigenvalue weighted by molar-refractivity contribution is -0.118. The van der Waals surface area contributed by atoms with E-state index in [2.05, 4.69) is 17.1 Å². The molecule has 0 fully saturated rings. The second-order valence-electron chi connectivity index (χ2n) is 8.98. The van der Waals surface area contributed by atoms with Crippen LogP contribution in [0.1, 0.15) is 44.0 Å². The number of hydrogen-bond acceptors (Lipinski definition) is 8. The predicted molar refractivity (Wildman–Crippen MR) is 151 cm³/mol. The Labute approximate surface area is 232 Å². The first-order valence-electron chi connectivity index (χ1n) is 12.9. The quantitative estimate of drug-likeness (QED) is 0.176. The summed E-state index contributed by atoms with van der Waals surface area (Å²) in [5.41, 5.74) is 3.47. The number of benzene rings is 3. The van der Waals surface area contributed by atoms with E-state index >= 15 is 0 Å². The van der Waals surface area contributed by atoms with Crippen molar-refractivity contribution in [2.24, 2.45) is 0 Å². The SMILES string of the molecule is CCCCSc1nnc2c(n1)O[C@@H](c1cccc(OC)c1OCc1ccccc1)N(C(C)=O)c1ccccc1-2. The topological polar surface area (TPSA) is 86.7 Å². The molecule has 0 N–H and O–H groups in total. The Hall–Kier alpha value is -4.11. The van der Waals surface area contributed by atoms with E-state index in [0.29, 0.717) is 51.7 Å². The van der Waals surface area contributed by atoms with Gasteiger partial charge in [-0.25, -0.2) is 0 Å². The molecular formula is C30H30N4O4S. The Morgan fingerprint density at radius 1 is 1.03 bits per heavy atom. The number of nitrogens with zero attached hydrogens (tertiary/aromatic N) is 4. The molecular weight excluding hydrogens is 512 g/mol. The minimum Gasteiger partial charge on any atom is -0.493 e. The van der Waals surface area contributed by atoms with Crippen molar-refractivity contribution >= 4 is 23.4 Å². The molecule has 1 amide bonds. The summed E-state index contributed by atoms with van der Waals surface area (Å²) in [5.74, 6) is 2.00. The number of aromatic nitrogens is 3. The molecule has 0 bridgehead atoms. The third kappa shape index (κ3) is 5.68. The summed E-state index contributed by atoms with van der Waals surface area (Å²) in [6.45, 7) is 3.97. The van der Waals surface area contributed by atoms with Gasteiger partial charge in [-0.05, 0) is 30.2 Å². The number of thioether (sulfide) groups is 1. The fourth-order valence-corrected chi connectivity index (χ4v) is 5.26. The monoisotopic (exact) mass is 542 g/mol. The average Bonchev–Trinajstić information content (AvgIpc) is 3.11. The van der Waals surface area contributed by atoms with Gasteiger partial charge >= 0.3 is 0 Å². The largest absolute Gasteiger partial charge is 0.493 e. The first-order valence-corrected chi connectivity index (χ1v) is 13.9. The molecule has 2 heterocycles. The van der Waals surface area contributed by atoms with Gasteiger partial charge in [-0.1, -0.05) is 79.7 Å². The van der Waals surface area contributed by atoms with E-state index in [0.717, 1.165) is 24.2 Å². The Bertz CT molecular complexity index is 1450. The number of methoxy groups -OCH3 is 1. The first-order chi connectivity index (χ1) is 19.1. The molecule has 3 aromatic carbocycles. The number of unbranched alkanes of at least 4 members (excludes halogenated alkanes) is 1. The van der Waals surface area contributed by atoms with Gasteiger partial charge < -0.3 is 14.2 Å². The van der Waals surface area contributed by atoms with Crippen LogP contribution in [-0.2, 0) is 11.4 Å². The first kappa shape index (κ1) is 26.5. The molecule has 5 rings (SSSR count). The van der Waals surface area contributed by atoms with E-state index in [4.69, 9.17) is 19.2 Å². The van der Waals surface area contributed by atoms with Crippen molar-refractivity contribution in [3.05, 3.63) is 83.9 Å². The Kier molecular flexibility index (Phi) is 8.27. The van der Waals surface area contributed by atoms with Crippen molar-refractivity contribution in [1.82, 2.24) is 15.2 Å². The number of fused-ring (bicyclic) bond motifs is 3. The van der Waals surface area contributed by atoms with Crippen LogP contribution in [-0.4, -0.2) is 34.0 Å². The highest BCUT2D eigenvalue weighted by molar-refractivity contribution is 7.99. The Balaban J connectivity index is 1.63. The summed E-state index contributed by atoms with van der Waals surface area (Å²) < 4.78 is 18.6. The molecule has 0 aliphatic carbocycles. The summed E-state index contributed by atoms with van der Waals surface area (Å²) in [7, 11) is 1.59. The lowest BCUT2D eigenvalue weighted by Gasteiger charge is -2.31. The lowest BCUT2D eigenvalue weighted by atomic mass is 10.1. The maximum Gasteiger partial charge on any atom is 0.247 e.